The molecule has 7 nitrogen and oxygen atoms in total. The molecule has 1 fully saturated rings. The van der Waals surface area contributed by atoms with Gasteiger partial charge in [-0.1, -0.05) is 0 Å². The van der Waals surface area contributed by atoms with Crippen LogP contribution < -0.4 is 4.90 Å². The van der Waals surface area contributed by atoms with Crippen LogP contribution in [0.1, 0.15) is 19.3 Å². The number of aliphatic carboxylic acids is 1. The summed E-state index contributed by atoms with van der Waals surface area (Å²) in [7, 11) is 0. The number of aromatic nitrogens is 1. The van der Waals surface area contributed by atoms with Crippen LogP contribution in [-0.2, 0) is 4.79 Å². The minimum atomic E-state index is -0.809. The van der Waals surface area contributed by atoms with E-state index in [1.54, 1.807) is 0 Å². The third-order valence-corrected chi connectivity index (χ3v) is 3.80. The van der Waals surface area contributed by atoms with Gasteiger partial charge in [0.05, 0.1) is 4.92 Å². The maximum Gasteiger partial charge on any atom is 0.312 e. The normalized spacial score (nSPS) is 18.2. The van der Waals surface area contributed by atoms with Crippen molar-refractivity contribution in [3.05, 3.63) is 26.9 Å². The predicted molar refractivity (Wildman–Crippen MR) is 75.8 cm³/mol. The fourth-order valence-corrected chi connectivity index (χ4v) is 2.71. The van der Waals surface area contributed by atoms with Gasteiger partial charge in [0.1, 0.15) is 0 Å². The molecular weight excluding hydrogens is 330 g/mol. The smallest absolute Gasteiger partial charge is 0.312 e. The summed E-state index contributed by atoms with van der Waals surface area (Å²) in [4.78, 5) is 27.2. The molecule has 1 aromatic rings. The Kier molecular flexibility index (Phi) is 4.53. The lowest BCUT2D eigenvalue weighted by Gasteiger charge is -2.17. The summed E-state index contributed by atoms with van der Waals surface area (Å²) in [6, 6.07) is 1.44. The third kappa shape index (κ3) is 3.44. The average Bonchev–Trinajstić information content (AvgIpc) is 2.84. The number of hydrogen-bond acceptors (Lipinski definition) is 5. The molecule has 0 saturated carbocycles. The Bertz CT molecular complexity index is 537. The monoisotopic (exact) mass is 343 g/mol. The first-order valence-corrected chi connectivity index (χ1v) is 7.03. The Morgan fingerprint density at radius 3 is 3.05 bits per heavy atom. The third-order valence-electron chi connectivity index (χ3n) is 3.36. The van der Waals surface area contributed by atoms with Gasteiger partial charge in [-0.25, -0.2) is 4.98 Å². The molecule has 2 heterocycles. The zero-order valence-electron chi connectivity index (χ0n) is 10.7. The van der Waals surface area contributed by atoms with Crippen LogP contribution in [-0.4, -0.2) is 34.1 Å². The van der Waals surface area contributed by atoms with Gasteiger partial charge in [-0.15, -0.1) is 0 Å². The molecule has 1 atom stereocenters. The SMILES string of the molecule is O=C(O)CCC1CCN(c2ncc(Br)cc2[N+](=O)[O-])C1. The molecule has 1 N–H and O–H groups in total. The van der Waals surface area contributed by atoms with Crippen molar-refractivity contribution < 1.29 is 14.8 Å². The Balaban J connectivity index is 2.10. The molecule has 0 aliphatic carbocycles. The number of nitrogens with zero attached hydrogens (tertiary/aromatic N) is 3. The van der Waals surface area contributed by atoms with Gasteiger partial charge in [0.2, 0.25) is 5.82 Å². The number of anilines is 1. The van der Waals surface area contributed by atoms with E-state index in [0.29, 0.717) is 29.8 Å². The molecule has 0 aromatic carbocycles. The number of pyridine rings is 1. The molecule has 108 valence electrons. The van der Waals surface area contributed by atoms with E-state index >= 15 is 0 Å². The Morgan fingerprint density at radius 1 is 1.65 bits per heavy atom. The number of halogens is 1. The van der Waals surface area contributed by atoms with Crippen LogP contribution >= 0.6 is 15.9 Å². The summed E-state index contributed by atoms with van der Waals surface area (Å²) in [6.45, 7) is 1.28. The zero-order valence-corrected chi connectivity index (χ0v) is 12.2. The van der Waals surface area contributed by atoms with Crippen LogP contribution in [0.4, 0.5) is 11.5 Å². The van der Waals surface area contributed by atoms with E-state index in [-0.39, 0.29) is 18.0 Å². The van der Waals surface area contributed by atoms with Crippen molar-refractivity contribution >= 4 is 33.4 Å². The first kappa shape index (κ1) is 14.7. The molecule has 0 amide bonds. The maximum absolute atomic E-state index is 11.1. The van der Waals surface area contributed by atoms with E-state index in [1.807, 2.05) is 4.90 Å². The van der Waals surface area contributed by atoms with Crippen LogP contribution in [0, 0.1) is 16.0 Å². The maximum atomic E-state index is 11.1. The van der Waals surface area contributed by atoms with E-state index in [0.717, 1.165) is 6.42 Å². The van der Waals surface area contributed by atoms with Gasteiger partial charge in [-0.3, -0.25) is 14.9 Å². The van der Waals surface area contributed by atoms with E-state index in [2.05, 4.69) is 20.9 Å². The van der Waals surface area contributed by atoms with Crippen molar-refractivity contribution in [2.45, 2.75) is 19.3 Å². The number of nitro groups is 1. The van der Waals surface area contributed by atoms with E-state index < -0.39 is 10.9 Å². The number of carboxylic acids is 1. The van der Waals surface area contributed by atoms with Crippen LogP contribution in [0.2, 0.25) is 0 Å². The fourth-order valence-electron chi connectivity index (χ4n) is 2.39. The Hall–Kier alpha value is -1.70. The molecule has 0 spiro atoms. The van der Waals surface area contributed by atoms with Gasteiger partial charge in [-0.2, -0.15) is 0 Å². The first-order valence-electron chi connectivity index (χ1n) is 6.24. The van der Waals surface area contributed by atoms with Crippen LogP contribution in [0.15, 0.2) is 16.7 Å². The zero-order chi connectivity index (χ0) is 14.7. The van der Waals surface area contributed by atoms with Crippen LogP contribution in [0.5, 0.6) is 0 Å². The van der Waals surface area contributed by atoms with Gasteiger partial charge >= 0.3 is 11.7 Å². The quantitative estimate of drug-likeness (QED) is 0.651. The largest absolute Gasteiger partial charge is 0.481 e. The van der Waals surface area contributed by atoms with E-state index in [4.69, 9.17) is 5.11 Å². The van der Waals surface area contributed by atoms with Crippen molar-refractivity contribution in [2.24, 2.45) is 5.92 Å². The lowest BCUT2D eigenvalue weighted by Crippen LogP contribution is -2.22. The Labute approximate surface area is 123 Å². The molecule has 1 aliphatic rings. The summed E-state index contributed by atoms with van der Waals surface area (Å²) >= 11 is 3.18. The van der Waals surface area contributed by atoms with E-state index in [9.17, 15) is 14.9 Å². The second-order valence-electron chi connectivity index (χ2n) is 4.79. The summed E-state index contributed by atoms with van der Waals surface area (Å²) in [5.74, 6) is -0.205. The highest BCUT2D eigenvalue weighted by molar-refractivity contribution is 9.10. The molecule has 8 heteroatoms. The lowest BCUT2D eigenvalue weighted by molar-refractivity contribution is -0.384. The standard InChI is InChI=1S/C12H14BrN3O4/c13-9-5-10(16(19)20)12(14-6-9)15-4-3-8(7-15)1-2-11(17)18/h5-6,8H,1-4,7H2,(H,17,18). The number of carbonyl (C=O) groups is 1. The minimum Gasteiger partial charge on any atom is -0.481 e. The molecule has 1 aliphatic heterocycles. The number of carboxylic acid groups (broad SMARTS) is 1. The number of hydrogen-bond donors (Lipinski definition) is 1. The second kappa shape index (κ2) is 6.17. The van der Waals surface area contributed by atoms with Crippen molar-refractivity contribution in [1.82, 2.24) is 4.98 Å². The molecule has 1 saturated heterocycles. The predicted octanol–water partition coefficient (Wildman–Crippen LogP) is 2.44. The number of rotatable bonds is 5. The first-order chi connectivity index (χ1) is 9.47. The highest BCUT2D eigenvalue weighted by Crippen LogP contribution is 2.33. The summed E-state index contributed by atoms with van der Waals surface area (Å²) in [5.41, 5.74) is -0.0294. The highest BCUT2D eigenvalue weighted by atomic mass is 79.9. The van der Waals surface area contributed by atoms with Gasteiger partial charge in [-0.05, 0) is 34.7 Å². The molecular formula is C12H14BrN3O4. The van der Waals surface area contributed by atoms with Crippen molar-refractivity contribution in [3.63, 3.8) is 0 Å². The van der Waals surface area contributed by atoms with Gasteiger partial charge in [0.25, 0.3) is 0 Å². The van der Waals surface area contributed by atoms with Crippen LogP contribution in [0.3, 0.4) is 0 Å². The summed E-state index contributed by atoms with van der Waals surface area (Å²) < 4.78 is 0.564. The molecule has 1 aromatic heterocycles. The topological polar surface area (TPSA) is 96.6 Å². The summed E-state index contributed by atoms with van der Waals surface area (Å²) in [6.07, 6.45) is 3.10. The van der Waals surface area contributed by atoms with Gasteiger partial charge in [0, 0.05) is 36.2 Å². The van der Waals surface area contributed by atoms with Crippen LogP contribution in [0.25, 0.3) is 0 Å². The molecule has 20 heavy (non-hydrogen) atoms. The molecule has 0 bridgehead atoms. The Morgan fingerprint density at radius 2 is 2.40 bits per heavy atom. The molecule has 2 rings (SSSR count). The lowest BCUT2D eigenvalue weighted by atomic mass is 10.0. The highest BCUT2D eigenvalue weighted by Gasteiger charge is 2.29. The van der Waals surface area contributed by atoms with Crippen molar-refractivity contribution in [2.75, 3.05) is 18.0 Å². The fraction of sp³-hybridized carbons (Fsp3) is 0.500. The second-order valence-corrected chi connectivity index (χ2v) is 5.70. The minimum absolute atomic E-state index is 0.0294. The molecule has 1 unspecified atom stereocenters. The summed E-state index contributed by atoms with van der Waals surface area (Å²) in [5, 5.41) is 19.8. The van der Waals surface area contributed by atoms with Crippen molar-refractivity contribution in [1.29, 1.82) is 0 Å². The van der Waals surface area contributed by atoms with Gasteiger partial charge in [0.15, 0.2) is 0 Å². The average molecular weight is 344 g/mol. The van der Waals surface area contributed by atoms with Crippen molar-refractivity contribution in [3.8, 4) is 0 Å². The van der Waals surface area contributed by atoms with Gasteiger partial charge < -0.3 is 10.0 Å². The van der Waals surface area contributed by atoms with E-state index in [1.165, 1.54) is 12.3 Å². The molecule has 0 radical (unpaired) electrons.